The Bertz CT molecular complexity index is 786. The minimum Gasteiger partial charge on any atom is -0.356 e. The van der Waals surface area contributed by atoms with Crippen molar-refractivity contribution in [2.45, 2.75) is 26.3 Å². The number of rotatable bonds is 6. The van der Waals surface area contributed by atoms with Crippen molar-refractivity contribution < 1.29 is 0 Å². The van der Waals surface area contributed by atoms with Crippen molar-refractivity contribution >= 4 is 28.3 Å². The summed E-state index contributed by atoms with van der Waals surface area (Å²) in [7, 11) is 1.78. The van der Waals surface area contributed by atoms with Gasteiger partial charge in [-0.15, -0.1) is 11.3 Å². The largest absolute Gasteiger partial charge is 0.356 e. The number of nitrogens with zero attached hydrogens (tertiary/aromatic N) is 3. The average molecular weight is 342 g/mol. The number of nitrogens with one attached hydrogen (secondary N) is 3. The van der Waals surface area contributed by atoms with E-state index in [2.05, 4.69) is 43.6 Å². The summed E-state index contributed by atoms with van der Waals surface area (Å²) in [5.74, 6) is 1.83. The minimum atomic E-state index is 0.696. The van der Waals surface area contributed by atoms with Gasteiger partial charge in [0.1, 0.15) is 10.8 Å². The maximum atomic E-state index is 4.59. The zero-order chi connectivity index (χ0) is 16.8. The highest BCUT2D eigenvalue weighted by Crippen LogP contribution is 2.11. The van der Waals surface area contributed by atoms with Crippen LogP contribution in [0.2, 0.25) is 0 Å². The van der Waals surface area contributed by atoms with E-state index in [0.717, 1.165) is 47.2 Å². The van der Waals surface area contributed by atoms with E-state index in [0.29, 0.717) is 6.54 Å². The second kappa shape index (κ2) is 7.92. The van der Waals surface area contributed by atoms with Gasteiger partial charge in [-0.3, -0.25) is 4.99 Å². The van der Waals surface area contributed by atoms with Crippen LogP contribution in [0.1, 0.15) is 22.1 Å². The van der Waals surface area contributed by atoms with Crippen molar-refractivity contribution in [3.8, 4) is 0 Å². The van der Waals surface area contributed by atoms with Crippen LogP contribution in [0.25, 0.3) is 11.0 Å². The van der Waals surface area contributed by atoms with E-state index < -0.39 is 0 Å². The summed E-state index contributed by atoms with van der Waals surface area (Å²) in [6.45, 7) is 3.60. The molecule has 0 saturated carbocycles. The van der Waals surface area contributed by atoms with Crippen molar-refractivity contribution in [3.63, 3.8) is 0 Å². The molecule has 0 aliphatic carbocycles. The van der Waals surface area contributed by atoms with Gasteiger partial charge in [0.2, 0.25) is 0 Å². The van der Waals surface area contributed by atoms with Crippen LogP contribution in [0, 0.1) is 6.92 Å². The van der Waals surface area contributed by atoms with Crippen molar-refractivity contribution in [2.75, 3.05) is 13.6 Å². The maximum Gasteiger partial charge on any atom is 0.191 e. The number of fused-ring (bicyclic) bond motifs is 1. The topological polar surface area (TPSA) is 78.0 Å². The number of thiazole rings is 1. The first-order chi connectivity index (χ1) is 11.7. The van der Waals surface area contributed by atoms with Gasteiger partial charge in [-0.2, -0.15) is 0 Å². The molecule has 0 aliphatic rings. The van der Waals surface area contributed by atoms with E-state index in [1.165, 1.54) is 4.88 Å². The molecule has 0 fully saturated rings. The van der Waals surface area contributed by atoms with Crippen molar-refractivity contribution in [1.82, 2.24) is 25.6 Å². The van der Waals surface area contributed by atoms with Crippen LogP contribution >= 0.6 is 11.3 Å². The monoisotopic (exact) mass is 342 g/mol. The molecule has 126 valence electrons. The third-order valence-corrected chi connectivity index (χ3v) is 4.53. The van der Waals surface area contributed by atoms with Gasteiger partial charge in [-0.1, -0.05) is 12.1 Å². The number of guanidine groups is 1. The van der Waals surface area contributed by atoms with Crippen LogP contribution < -0.4 is 10.6 Å². The zero-order valence-corrected chi connectivity index (χ0v) is 14.8. The number of hydrogen-bond acceptors (Lipinski definition) is 4. The molecule has 3 rings (SSSR count). The maximum absolute atomic E-state index is 4.59. The van der Waals surface area contributed by atoms with Gasteiger partial charge in [0.15, 0.2) is 5.96 Å². The number of aromatic amines is 1. The molecule has 3 N–H and O–H groups in total. The fourth-order valence-electron chi connectivity index (χ4n) is 2.45. The molecule has 0 atom stereocenters. The molecule has 0 radical (unpaired) electrons. The van der Waals surface area contributed by atoms with E-state index >= 15 is 0 Å². The van der Waals surface area contributed by atoms with Crippen molar-refractivity contribution in [2.24, 2.45) is 4.99 Å². The Labute approximate surface area is 145 Å². The first kappa shape index (κ1) is 16.4. The fraction of sp³-hybridized carbons (Fsp3) is 0.353. The van der Waals surface area contributed by atoms with Gasteiger partial charge in [-0.25, -0.2) is 9.97 Å². The number of aromatic nitrogens is 3. The second-order valence-electron chi connectivity index (χ2n) is 5.52. The van der Waals surface area contributed by atoms with Gasteiger partial charge in [0.05, 0.1) is 17.6 Å². The lowest BCUT2D eigenvalue weighted by atomic mass is 10.3. The van der Waals surface area contributed by atoms with Crippen LogP contribution in [0.3, 0.4) is 0 Å². The van der Waals surface area contributed by atoms with Crippen LogP contribution in [0.5, 0.6) is 0 Å². The zero-order valence-electron chi connectivity index (χ0n) is 14.0. The first-order valence-electron chi connectivity index (χ1n) is 8.04. The molecular weight excluding hydrogens is 320 g/mol. The molecular formula is C17H22N6S. The molecule has 2 heterocycles. The standard InChI is InChI=1S/C17H22N6S/c1-12-10-20-16(24-12)11-21-17(18-2)19-9-5-8-15-22-13-6-3-4-7-14(13)23-15/h3-4,6-7,10H,5,8-9,11H2,1-2H3,(H,22,23)(H2,18,19,21). The Morgan fingerprint density at radius 2 is 2.17 bits per heavy atom. The summed E-state index contributed by atoms with van der Waals surface area (Å²) in [6.07, 6.45) is 3.78. The van der Waals surface area contributed by atoms with Gasteiger partial charge >= 0.3 is 0 Å². The number of hydrogen-bond donors (Lipinski definition) is 3. The SMILES string of the molecule is CN=C(NCCCc1nc2ccccc2[nH]1)NCc1ncc(C)s1. The normalized spacial score (nSPS) is 11.8. The quantitative estimate of drug-likeness (QED) is 0.366. The van der Waals surface area contributed by atoms with Crippen LogP contribution in [0.15, 0.2) is 35.5 Å². The van der Waals surface area contributed by atoms with Crippen molar-refractivity contribution in [1.29, 1.82) is 0 Å². The molecule has 0 amide bonds. The Morgan fingerprint density at radius 1 is 1.29 bits per heavy atom. The highest BCUT2D eigenvalue weighted by Gasteiger charge is 2.03. The summed E-state index contributed by atoms with van der Waals surface area (Å²) in [5.41, 5.74) is 2.12. The molecule has 0 aliphatic heterocycles. The highest BCUT2D eigenvalue weighted by molar-refractivity contribution is 7.11. The third-order valence-electron chi connectivity index (χ3n) is 3.62. The van der Waals surface area contributed by atoms with Crippen LogP contribution in [0.4, 0.5) is 0 Å². The smallest absolute Gasteiger partial charge is 0.191 e. The predicted molar refractivity (Wildman–Crippen MR) is 99.5 cm³/mol. The van der Waals surface area contributed by atoms with Gasteiger partial charge in [-0.05, 0) is 25.5 Å². The number of benzene rings is 1. The predicted octanol–water partition coefficient (Wildman–Crippen LogP) is 2.63. The lowest BCUT2D eigenvalue weighted by molar-refractivity contribution is 0.725. The molecule has 3 aromatic rings. The Kier molecular flexibility index (Phi) is 5.43. The van der Waals surface area contributed by atoms with E-state index in [9.17, 15) is 0 Å². The fourth-order valence-corrected chi connectivity index (χ4v) is 3.18. The van der Waals surface area contributed by atoms with Gasteiger partial charge in [0, 0.05) is 31.1 Å². The highest BCUT2D eigenvalue weighted by atomic mass is 32.1. The number of imidazole rings is 1. The Hall–Kier alpha value is -2.41. The van der Waals surface area contributed by atoms with Gasteiger partial charge < -0.3 is 15.6 Å². The summed E-state index contributed by atoms with van der Waals surface area (Å²) in [5, 5.41) is 7.67. The molecule has 24 heavy (non-hydrogen) atoms. The number of aliphatic imine (C=N–C) groups is 1. The lowest BCUT2D eigenvalue weighted by Gasteiger charge is -2.10. The first-order valence-corrected chi connectivity index (χ1v) is 8.85. The molecule has 0 unspecified atom stereocenters. The lowest BCUT2D eigenvalue weighted by Crippen LogP contribution is -2.37. The number of aryl methyl sites for hydroxylation is 2. The molecule has 6 nitrogen and oxygen atoms in total. The summed E-state index contributed by atoms with van der Waals surface area (Å²) < 4.78 is 0. The molecule has 0 spiro atoms. The molecule has 7 heteroatoms. The summed E-state index contributed by atoms with van der Waals surface area (Å²) >= 11 is 1.70. The number of para-hydroxylation sites is 2. The van der Waals surface area contributed by atoms with Crippen molar-refractivity contribution in [3.05, 3.63) is 46.2 Å². The van der Waals surface area contributed by atoms with Crippen LogP contribution in [-0.4, -0.2) is 34.5 Å². The second-order valence-corrected chi connectivity index (χ2v) is 6.84. The average Bonchev–Trinajstić information content (AvgIpc) is 3.19. The van der Waals surface area contributed by atoms with E-state index in [1.54, 1.807) is 18.4 Å². The Morgan fingerprint density at radius 3 is 2.92 bits per heavy atom. The minimum absolute atomic E-state index is 0.696. The summed E-state index contributed by atoms with van der Waals surface area (Å²) in [6, 6.07) is 8.11. The number of H-pyrrole nitrogens is 1. The molecule has 0 bridgehead atoms. The van der Waals surface area contributed by atoms with E-state index in [4.69, 9.17) is 0 Å². The van der Waals surface area contributed by atoms with E-state index in [1.807, 2.05) is 24.4 Å². The van der Waals surface area contributed by atoms with E-state index in [-0.39, 0.29) is 0 Å². The van der Waals surface area contributed by atoms with Crippen LogP contribution in [-0.2, 0) is 13.0 Å². The third kappa shape index (κ3) is 4.32. The summed E-state index contributed by atoms with van der Waals surface area (Å²) in [4.78, 5) is 17.7. The molecule has 2 aromatic heterocycles. The molecule has 1 aromatic carbocycles. The molecule has 0 saturated heterocycles. The Balaban J connectivity index is 1.41. The van der Waals surface area contributed by atoms with Gasteiger partial charge in [0.25, 0.3) is 0 Å².